The number of hydrogen-bond acceptors (Lipinski definition) is 14. The van der Waals surface area contributed by atoms with Gasteiger partial charge in [-0.3, -0.25) is 9.59 Å². The first-order valence-corrected chi connectivity index (χ1v) is 22.3. The lowest BCUT2D eigenvalue weighted by molar-refractivity contribution is -0.132. The van der Waals surface area contributed by atoms with Gasteiger partial charge in [0.25, 0.3) is 0 Å². The van der Waals surface area contributed by atoms with Crippen LogP contribution < -0.4 is 36.2 Å². The van der Waals surface area contributed by atoms with Crippen LogP contribution in [0.4, 0.5) is 28.8 Å². The molecule has 18 heteroatoms. The summed E-state index contributed by atoms with van der Waals surface area (Å²) in [5, 5.41) is 13.5. The number of methoxy groups -OCH3 is 1. The highest BCUT2D eigenvalue weighted by Gasteiger charge is 2.23. The summed E-state index contributed by atoms with van der Waals surface area (Å²) in [4.78, 5) is 37.8. The van der Waals surface area contributed by atoms with Crippen molar-refractivity contribution in [1.82, 2.24) is 25.5 Å². The largest absolute Gasteiger partial charge is 0.494 e. The molecule has 2 saturated heterocycles. The van der Waals surface area contributed by atoms with Crippen molar-refractivity contribution < 1.29 is 37.8 Å². The Morgan fingerprint density at radius 1 is 0.895 bits per heavy atom. The molecule has 0 saturated carbocycles. The minimum Gasteiger partial charge on any atom is -0.494 e. The van der Waals surface area contributed by atoms with Gasteiger partial charge in [0.1, 0.15) is 17.9 Å². The zero-order valence-corrected chi connectivity index (χ0v) is 34.7. The molecule has 3 aromatic rings. The fourth-order valence-electron chi connectivity index (χ4n) is 6.36. The molecule has 5 rings (SSSR count). The lowest BCUT2D eigenvalue weighted by Crippen LogP contribution is -2.49. The van der Waals surface area contributed by atoms with E-state index >= 15 is 0 Å². The fraction of sp³-hybridized carbons (Fsp3) is 0.538. The molecule has 1 aromatic heterocycles. The van der Waals surface area contributed by atoms with Crippen LogP contribution in [0.25, 0.3) is 0 Å². The molecule has 4 N–H and O–H groups in total. The van der Waals surface area contributed by atoms with E-state index in [9.17, 15) is 14.2 Å². The summed E-state index contributed by atoms with van der Waals surface area (Å²) in [5.41, 5.74) is 2.31. The molecule has 16 nitrogen and oxygen atoms in total. The fourth-order valence-corrected chi connectivity index (χ4v) is 7.66. The molecule has 57 heavy (non-hydrogen) atoms. The predicted molar refractivity (Wildman–Crippen MR) is 223 cm³/mol. The molecule has 0 spiro atoms. The lowest BCUT2D eigenvalue weighted by atomic mass is 10.2. The van der Waals surface area contributed by atoms with Gasteiger partial charge in [0.05, 0.1) is 90.0 Å². The van der Waals surface area contributed by atoms with Crippen molar-refractivity contribution in [1.29, 1.82) is 0 Å². The number of carbonyl (C=O) groups is 2. The normalized spacial score (nSPS) is 15.8. The maximum absolute atomic E-state index is 12.9. The number of para-hydroxylation sites is 1. The Morgan fingerprint density at radius 2 is 1.58 bits per heavy atom. The van der Waals surface area contributed by atoms with Gasteiger partial charge < -0.3 is 59.3 Å². The smallest absolute Gasteiger partial charge is 0.237 e. The number of benzene rings is 2. The van der Waals surface area contributed by atoms with Gasteiger partial charge in [-0.05, 0) is 57.0 Å². The summed E-state index contributed by atoms with van der Waals surface area (Å²) in [5.74, 6) is 1.39. The van der Waals surface area contributed by atoms with Gasteiger partial charge in [0.15, 0.2) is 5.82 Å². The van der Waals surface area contributed by atoms with E-state index in [1.165, 1.54) is 6.20 Å². The van der Waals surface area contributed by atoms with E-state index < -0.39 is 7.14 Å². The second kappa shape index (κ2) is 22.8. The zero-order valence-electron chi connectivity index (χ0n) is 33.1. The summed E-state index contributed by atoms with van der Waals surface area (Å²) in [7, 11) is -0.952. The number of ether oxygens (including phenoxy) is 5. The Morgan fingerprint density at radius 3 is 2.25 bits per heavy atom. The number of amides is 2. The van der Waals surface area contributed by atoms with Crippen molar-refractivity contribution in [2.75, 3.05) is 128 Å². The Kier molecular flexibility index (Phi) is 17.6. The maximum atomic E-state index is 12.9. The standard InChI is InChI=1S/C39H56ClN8O8P/c1-52-34-27-29(10-11-31(34)45-39-43-28-30(40)37(46-39)44-32-7-4-5-9-35(32)57(2,3)51)47-15-17-48(18-16-47)36(49)12-19-53-21-23-55-25-26-56-24-22-54-20-14-42-38(50)33-8-6-13-41-33/h4-5,7,9-11,27-28,33,41H,6,8,12-26H2,1-3H3,(H,42,50)(H2,43,44,45,46)/t33-/m0/s1. The van der Waals surface area contributed by atoms with E-state index in [4.69, 9.17) is 35.3 Å². The number of carbonyl (C=O) groups excluding carboxylic acids is 2. The topological polar surface area (TPSA) is 178 Å². The van der Waals surface area contributed by atoms with E-state index in [2.05, 4.69) is 36.1 Å². The van der Waals surface area contributed by atoms with Gasteiger partial charge in [-0.1, -0.05) is 23.7 Å². The van der Waals surface area contributed by atoms with Crippen LogP contribution in [-0.2, 0) is 33.1 Å². The van der Waals surface area contributed by atoms with Crippen LogP contribution >= 0.6 is 18.7 Å². The number of nitrogens with zero attached hydrogens (tertiary/aromatic N) is 4. The molecular weight excluding hydrogens is 775 g/mol. The van der Waals surface area contributed by atoms with Crippen LogP contribution in [0.1, 0.15) is 19.3 Å². The number of anilines is 5. The number of rotatable bonds is 23. The molecule has 312 valence electrons. The highest BCUT2D eigenvalue weighted by Crippen LogP contribution is 2.39. The van der Waals surface area contributed by atoms with Crippen LogP contribution in [0.3, 0.4) is 0 Å². The molecule has 0 aliphatic carbocycles. The van der Waals surface area contributed by atoms with E-state index in [0.717, 1.165) is 25.1 Å². The number of halogens is 1. The van der Waals surface area contributed by atoms with Gasteiger partial charge in [0, 0.05) is 49.8 Å². The van der Waals surface area contributed by atoms with Crippen molar-refractivity contribution >= 4 is 64.7 Å². The zero-order chi connectivity index (χ0) is 40.5. The summed E-state index contributed by atoms with van der Waals surface area (Å²) >= 11 is 6.44. The Hall–Kier alpha value is -4.02. The van der Waals surface area contributed by atoms with E-state index in [1.54, 1.807) is 20.4 Å². The van der Waals surface area contributed by atoms with E-state index in [0.29, 0.717) is 131 Å². The van der Waals surface area contributed by atoms with Gasteiger partial charge in [-0.25, -0.2) is 4.98 Å². The molecule has 2 aromatic carbocycles. The second-order valence-corrected chi connectivity index (χ2v) is 17.5. The van der Waals surface area contributed by atoms with Crippen molar-refractivity contribution in [3.63, 3.8) is 0 Å². The van der Waals surface area contributed by atoms with Crippen LogP contribution in [0.5, 0.6) is 5.75 Å². The Labute approximate surface area is 340 Å². The first-order valence-electron chi connectivity index (χ1n) is 19.4. The van der Waals surface area contributed by atoms with Crippen LogP contribution in [-0.4, -0.2) is 145 Å². The highest BCUT2D eigenvalue weighted by atomic mass is 35.5. The Bertz CT molecular complexity index is 1790. The molecule has 0 unspecified atom stereocenters. The molecule has 2 fully saturated rings. The lowest BCUT2D eigenvalue weighted by Gasteiger charge is -2.36. The SMILES string of the molecule is COc1cc(N2CCN(C(=O)CCOCCOCCOCCOCCNC(=O)[C@@H]3CCCN3)CC2)ccc1Nc1ncc(Cl)c(Nc2ccccc2P(C)(C)=O)n1. The number of aromatic nitrogens is 2. The van der Waals surface area contributed by atoms with Gasteiger partial charge in [-0.15, -0.1) is 0 Å². The summed E-state index contributed by atoms with van der Waals surface area (Å²) in [6.07, 6.45) is 3.74. The van der Waals surface area contributed by atoms with Crippen LogP contribution in [0.2, 0.25) is 5.02 Å². The van der Waals surface area contributed by atoms with Gasteiger partial charge >= 0.3 is 0 Å². The quantitative estimate of drug-likeness (QED) is 0.0801. The van der Waals surface area contributed by atoms with Crippen molar-refractivity contribution in [3.8, 4) is 5.75 Å². The molecular formula is C39H56ClN8O8P. The van der Waals surface area contributed by atoms with Gasteiger partial charge in [0.2, 0.25) is 17.8 Å². The van der Waals surface area contributed by atoms with Crippen molar-refractivity contribution in [2.24, 2.45) is 0 Å². The molecule has 2 amide bonds. The third kappa shape index (κ3) is 14.1. The predicted octanol–water partition coefficient (Wildman–Crippen LogP) is 3.85. The average Bonchev–Trinajstić information content (AvgIpc) is 3.76. The molecule has 2 aliphatic heterocycles. The summed E-state index contributed by atoms with van der Waals surface area (Å²) < 4.78 is 40.7. The molecule has 2 aliphatic rings. The van der Waals surface area contributed by atoms with Gasteiger partial charge in [-0.2, -0.15) is 4.98 Å². The van der Waals surface area contributed by atoms with Crippen molar-refractivity contribution in [3.05, 3.63) is 53.7 Å². The molecule has 1 atom stereocenters. The highest BCUT2D eigenvalue weighted by molar-refractivity contribution is 7.70. The monoisotopic (exact) mass is 830 g/mol. The van der Waals surface area contributed by atoms with E-state index in [1.807, 2.05) is 47.4 Å². The minimum atomic E-state index is -2.55. The van der Waals surface area contributed by atoms with Crippen molar-refractivity contribution in [2.45, 2.75) is 25.3 Å². The van der Waals surface area contributed by atoms with Crippen LogP contribution in [0.15, 0.2) is 48.7 Å². The average molecular weight is 831 g/mol. The number of hydrogen-bond donors (Lipinski definition) is 4. The third-order valence-electron chi connectivity index (χ3n) is 9.41. The van der Waals surface area contributed by atoms with E-state index in [-0.39, 0.29) is 17.9 Å². The summed E-state index contributed by atoms with van der Waals surface area (Å²) in [6, 6.07) is 13.2. The molecule has 0 bridgehead atoms. The number of nitrogens with one attached hydrogen (secondary N) is 4. The first-order chi connectivity index (χ1) is 27.6. The first kappa shape index (κ1) is 44.1. The molecule has 3 heterocycles. The molecule has 0 radical (unpaired) electrons. The minimum absolute atomic E-state index is 0.0370. The maximum Gasteiger partial charge on any atom is 0.237 e. The summed E-state index contributed by atoms with van der Waals surface area (Å²) in [6.45, 7) is 10.8. The van der Waals surface area contributed by atoms with Crippen LogP contribution in [0, 0.1) is 0 Å². The number of piperazine rings is 1. The second-order valence-electron chi connectivity index (χ2n) is 13.9. The third-order valence-corrected chi connectivity index (χ3v) is 11.2. The Balaban J connectivity index is 0.935.